The van der Waals surface area contributed by atoms with Gasteiger partial charge in [-0.15, -0.1) is 11.3 Å². The maximum Gasteiger partial charge on any atom is 0.0944 e. The van der Waals surface area contributed by atoms with E-state index >= 15 is 0 Å². The first kappa shape index (κ1) is 14.2. The molecule has 0 aliphatic rings. The average Bonchev–Trinajstić information content (AvgIpc) is 2.85. The maximum atomic E-state index is 5.77. The minimum atomic E-state index is 0.220. The zero-order chi connectivity index (χ0) is 13.7. The Balaban J connectivity index is 2.15. The molecule has 0 aliphatic carbocycles. The van der Waals surface area contributed by atoms with Crippen LogP contribution in [0.2, 0.25) is 0 Å². The Morgan fingerprint density at radius 2 is 2.05 bits per heavy atom. The quantitative estimate of drug-likeness (QED) is 0.629. The van der Waals surface area contributed by atoms with Gasteiger partial charge < -0.3 is 0 Å². The Kier molecular flexibility index (Phi) is 5.07. The Hall–Kier alpha value is -1.23. The molecule has 3 nitrogen and oxygen atoms in total. The van der Waals surface area contributed by atoms with Gasteiger partial charge in [0, 0.05) is 29.5 Å². The van der Waals surface area contributed by atoms with Crippen molar-refractivity contribution in [2.75, 3.05) is 0 Å². The van der Waals surface area contributed by atoms with E-state index < -0.39 is 0 Å². The van der Waals surface area contributed by atoms with Crippen molar-refractivity contribution >= 4 is 11.3 Å². The standard InChI is InChI=1S/C15H21N3S/c1-3-13(12-7-5-4-6-8-12)14(18-16)9-15-17-11(2)10-19-15/h4-8,10,13-14,18H,3,9,16H2,1-2H3. The largest absolute Gasteiger partial charge is 0.271 e. The lowest BCUT2D eigenvalue weighted by molar-refractivity contribution is 0.427. The number of rotatable bonds is 6. The molecule has 0 saturated carbocycles. The van der Waals surface area contributed by atoms with Crippen molar-refractivity contribution in [3.05, 3.63) is 52.0 Å². The van der Waals surface area contributed by atoms with E-state index in [2.05, 4.69) is 47.0 Å². The van der Waals surface area contributed by atoms with Gasteiger partial charge in [0.1, 0.15) is 0 Å². The lowest BCUT2D eigenvalue weighted by atomic mass is 9.88. The van der Waals surface area contributed by atoms with Crippen LogP contribution in [0.15, 0.2) is 35.7 Å². The molecular weight excluding hydrogens is 254 g/mol. The topological polar surface area (TPSA) is 50.9 Å². The number of aryl methyl sites for hydroxylation is 1. The lowest BCUT2D eigenvalue weighted by Gasteiger charge is -2.25. The maximum absolute atomic E-state index is 5.77. The number of benzene rings is 1. The highest BCUT2D eigenvalue weighted by molar-refractivity contribution is 7.09. The molecule has 0 spiro atoms. The van der Waals surface area contributed by atoms with E-state index in [0.717, 1.165) is 23.5 Å². The number of thiazole rings is 1. The number of aromatic nitrogens is 1. The Bertz CT molecular complexity index is 495. The fourth-order valence-corrected chi connectivity index (χ4v) is 3.29. The molecule has 2 unspecified atom stereocenters. The van der Waals surface area contributed by atoms with Crippen molar-refractivity contribution in [1.82, 2.24) is 10.4 Å². The molecule has 1 aromatic carbocycles. The summed E-state index contributed by atoms with van der Waals surface area (Å²) in [6.45, 7) is 4.23. The van der Waals surface area contributed by atoms with Crippen molar-refractivity contribution in [3.8, 4) is 0 Å². The minimum Gasteiger partial charge on any atom is -0.271 e. The summed E-state index contributed by atoms with van der Waals surface area (Å²) in [5.74, 6) is 6.18. The summed E-state index contributed by atoms with van der Waals surface area (Å²) in [6.07, 6.45) is 1.94. The van der Waals surface area contributed by atoms with Crippen LogP contribution in [0.4, 0.5) is 0 Å². The minimum absolute atomic E-state index is 0.220. The second-order valence-corrected chi connectivity index (χ2v) is 5.73. The van der Waals surface area contributed by atoms with Crippen LogP contribution in [-0.2, 0) is 6.42 Å². The predicted molar refractivity (Wildman–Crippen MR) is 81.1 cm³/mol. The number of nitrogens with one attached hydrogen (secondary N) is 1. The Labute approximate surface area is 118 Å². The zero-order valence-electron chi connectivity index (χ0n) is 11.5. The van der Waals surface area contributed by atoms with E-state index in [1.54, 1.807) is 11.3 Å². The van der Waals surface area contributed by atoms with Crippen molar-refractivity contribution in [1.29, 1.82) is 0 Å². The van der Waals surface area contributed by atoms with E-state index in [1.165, 1.54) is 5.56 Å². The van der Waals surface area contributed by atoms with Gasteiger partial charge in [0.2, 0.25) is 0 Å². The van der Waals surface area contributed by atoms with E-state index in [0.29, 0.717) is 5.92 Å². The highest BCUT2D eigenvalue weighted by Gasteiger charge is 2.21. The third-order valence-electron chi connectivity index (χ3n) is 3.43. The fourth-order valence-electron chi connectivity index (χ4n) is 2.45. The van der Waals surface area contributed by atoms with Crippen LogP contribution < -0.4 is 11.3 Å². The summed E-state index contributed by atoms with van der Waals surface area (Å²) in [5.41, 5.74) is 5.40. The van der Waals surface area contributed by atoms with Gasteiger partial charge in [-0.25, -0.2) is 4.98 Å². The number of hydrogen-bond acceptors (Lipinski definition) is 4. The molecule has 0 fully saturated rings. The van der Waals surface area contributed by atoms with Gasteiger partial charge in [0.15, 0.2) is 0 Å². The molecule has 19 heavy (non-hydrogen) atoms. The number of nitrogens with two attached hydrogens (primary N) is 1. The molecule has 0 aliphatic heterocycles. The highest BCUT2D eigenvalue weighted by atomic mass is 32.1. The van der Waals surface area contributed by atoms with E-state index in [1.807, 2.05) is 13.0 Å². The molecule has 0 amide bonds. The van der Waals surface area contributed by atoms with E-state index in [-0.39, 0.29) is 6.04 Å². The Morgan fingerprint density at radius 1 is 1.32 bits per heavy atom. The molecule has 1 aromatic heterocycles. The van der Waals surface area contributed by atoms with Crippen LogP contribution in [0.3, 0.4) is 0 Å². The molecule has 1 heterocycles. The van der Waals surface area contributed by atoms with E-state index in [4.69, 9.17) is 5.84 Å². The highest BCUT2D eigenvalue weighted by Crippen LogP contribution is 2.26. The SMILES string of the molecule is CCC(c1ccccc1)C(Cc1nc(C)cs1)NN. The van der Waals surface area contributed by atoms with Crippen molar-refractivity contribution in [2.24, 2.45) is 5.84 Å². The van der Waals surface area contributed by atoms with Gasteiger partial charge in [0.05, 0.1) is 5.01 Å². The van der Waals surface area contributed by atoms with Crippen LogP contribution in [0.1, 0.15) is 35.5 Å². The molecule has 3 N–H and O–H groups in total. The molecule has 102 valence electrons. The first-order chi connectivity index (χ1) is 9.24. The number of hydrazine groups is 1. The van der Waals surface area contributed by atoms with Crippen molar-refractivity contribution in [3.63, 3.8) is 0 Å². The first-order valence-electron chi connectivity index (χ1n) is 6.66. The second-order valence-electron chi connectivity index (χ2n) is 4.79. The smallest absolute Gasteiger partial charge is 0.0944 e. The normalized spacial score (nSPS) is 14.3. The van der Waals surface area contributed by atoms with Gasteiger partial charge in [0.25, 0.3) is 0 Å². The Morgan fingerprint density at radius 3 is 2.58 bits per heavy atom. The summed E-state index contributed by atoms with van der Waals surface area (Å²) >= 11 is 1.71. The summed E-state index contributed by atoms with van der Waals surface area (Å²) in [7, 11) is 0. The van der Waals surface area contributed by atoms with Crippen LogP contribution in [0.5, 0.6) is 0 Å². The van der Waals surface area contributed by atoms with E-state index in [9.17, 15) is 0 Å². The molecule has 2 rings (SSSR count). The summed E-state index contributed by atoms with van der Waals surface area (Å²) in [5, 5.41) is 3.24. The fraction of sp³-hybridized carbons (Fsp3) is 0.400. The third kappa shape index (κ3) is 3.62. The van der Waals surface area contributed by atoms with Gasteiger partial charge in [-0.05, 0) is 18.9 Å². The van der Waals surface area contributed by atoms with Gasteiger partial charge in [-0.1, -0.05) is 37.3 Å². The molecule has 0 saturated heterocycles. The summed E-state index contributed by atoms with van der Waals surface area (Å²) < 4.78 is 0. The lowest BCUT2D eigenvalue weighted by Crippen LogP contribution is -2.41. The monoisotopic (exact) mass is 275 g/mol. The molecule has 0 bridgehead atoms. The number of nitrogens with zero attached hydrogens (tertiary/aromatic N) is 1. The van der Waals surface area contributed by atoms with Gasteiger partial charge >= 0.3 is 0 Å². The van der Waals surface area contributed by atoms with Crippen LogP contribution >= 0.6 is 11.3 Å². The van der Waals surface area contributed by atoms with Crippen molar-refractivity contribution < 1.29 is 0 Å². The number of hydrogen-bond donors (Lipinski definition) is 2. The molecule has 2 aromatic rings. The molecule has 4 heteroatoms. The van der Waals surface area contributed by atoms with Crippen molar-refractivity contribution in [2.45, 2.75) is 38.6 Å². The second kappa shape index (κ2) is 6.80. The third-order valence-corrected chi connectivity index (χ3v) is 4.42. The molecule has 2 atom stereocenters. The van der Waals surface area contributed by atoms with Crippen LogP contribution in [0.25, 0.3) is 0 Å². The first-order valence-corrected chi connectivity index (χ1v) is 7.54. The predicted octanol–water partition coefficient (Wildman–Crippen LogP) is 3.02. The van der Waals surface area contributed by atoms with Crippen LogP contribution in [-0.4, -0.2) is 11.0 Å². The molecular formula is C15H21N3S. The summed E-state index contributed by atoms with van der Waals surface area (Å²) in [4.78, 5) is 4.53. The molecule has 0 radical (unpaired) electrons. The van der Waals surface area contributed by atoms with Gasteiger partial charge in [-0.3, -0.25) is 11.3 Å². The van der Waals surface area contributed by atoms with Crippen LogP contribution in [0, 0.1) is 6.92 Å². The summed E-state index contributed by atoms with van der Waals surface area (Å²) in [6, 6.07) is 10.8. The average molecular weight is 275 g/mol. The van der Waals surface area contributed by atoms with Gasteiger partial charge in [-0.2, -0.15) is 0 Å². The zero-order valence-corrected chi connectivity index (χ0v) is 12.3.